The van der Waals surface area contributed by atoms with E-state index in [1.807, 2.05) is 19.9 Å². The average molecular weight is 251 g/mol. The number of carbonyl (C=O) groups is 1. The predicted octanol–water partition coefficient (Wildman–Crippen LogP) is 1.23. The van der Waals surface area contributed by atoms with E-state index in [1.54, 1.807) is 4.68 Å². The van der Waals surface area contributed by atoms with Crippen molar-refractivity contribution in [2.75, 3.05) is 19.8 Å². The second kappa shape index (κ2) is 5.10. The molecule has 5 heteroatoms. The molecule has 1 fully saturated rings. The first-order valence-electron chi connectivity index (χ1n) is 6.50. The Hall–Kier alpha value is -1.36. The minimum Gasteiger partial charge on any atom is -0.380 e. The molecule has 0 atom stereocenters. The fourth-order valence-electron chi connectivity index (χ4n) is 2.00. The van der Waals surface area contributed by atoms with Crippen molar-refractivity contribution in [3.8, 4) is 0 Å². The van der Waals surface area contributed by atoms with Crippen LogP contribution in [0.1, 0.15) is 37.0 Å². The molecule has 1 aliphatic rings. The molecule has 18 heavy (non-hydrogen) atoms. The number of nitrogens with zero attached hydrogens (tertiary/aromatic N) is 2. The summed E-state index contributed by atoms with van der Waals surface area (Å²) in [5, 5.41) is 7.35. The van der Waals surface area contributed by atoms with Crippen molar-refractivity contribution in [3.63, 3.8) is 0 Å². The Morgan fingerprint density at radius 2 is 2.28 bits per heavy atom. The lowest BCUT2D eigenvalue weighted by Crippen LogP contribution is -2.48. The highest BCUT2D eigenvalue weighted by Crippen LogP contribution is 2.25. The van der Waals surface area contributed by atoms with Gasteiger partial charge in [-0.05, 0) is 19.4 Å². The van der Waals surface area contributed by atoms with Crippen molar-refractivity contribution in [1.29, 1.82) is 0 Å². The molecule has 0 radical (unpaired) electrons. The third-order valence-corrected chi connectivity index (χ3v) is 3.30. The zero-order valence-electron chi connectivity index (χ0n) is 11.3. The molecule has 0 aromatic carbocycles. The Balaban J connectivity index is 2.01. The number of carbonyl (C=O) groups excluding carboxylic acids is 1. The summed E-state index contributed by atoms with van der Waals surface area (Å²) in [6.07, 6.45) is 0.846. The molecule has 2 heterocycles. The number of ether oxygens (including phenoxy) is 1. The van der Waals surface area contributed by atoms with Gasteiger partial charge in [-0.15, -0.1) is 0 Å². The summed E-state index contributed by atoms with van der Waals surface area (Å²) in [6, 6.07) is 1.87. The number of hydrogen-bond donors (Lipinski definition) is 1. The van der Waals surface area contributed by atoms with E-state index in [0.717, 1.165) is 25.3 Å². The molecule has 2 rings (SSSR count). The van der Waals surface area contributed by atoms with Crippen LogP contribution in [0.25, 0.3) is 0 Å². The topological polar surface area (TPSA) is 56.1 Å². The molecule has 100 valence electrons. The highest BCUT2D eigenvalue weighted by molar-refractivity contribution is 5.92. The summed E-state index contributed by atoms with van der Waals surface area (Å²) < 4.78 is 6.93. The maximum atomic E-state index is 12.1. The van der Waals surface area contributed by atoms with E-state index in [0.29, 0.717) is 18.8 Å². The Kier molecular flexibility index (Phi) is 3.71. The molecular weight excluding hydrogens is 230 g/mol. The lowest BCUT2D eigenvalue weighted by atomic mass is 9.89. The summed E-state index contributed by atoms with van der Waals surface area (Å²) in [5.74, 6) is -0.0443. The number of rotatable bonds is 5. The molecule has 5 nitrogen and oxygen atoms in total. The SMILES string of the molecule is CCc1cc(C(=O)NCC2(C)COC2)n(CC)n1. The first-order valence-corrected chi connectivity index (χ1v) is 6.50. The van der Waals surface area contributed by atoms with Crippen molar-refractivity contribution < 1.29 is 9.53 Å². The Morgan fingerprint density at radius 3 is 2.78 bits per heavy atom. The Labute approximate surface area is 108 Å². The van der Waals surface area contributed by atoms with Crippen LogP contribution in [0.15, 0.2) is 6.07 Å². The van der Waals surface area contributed by atoms with Crippen LogP contribution in [0.5, 0.6) is 0 Å². The smallest absolute Gasteiger partial charge is 0.269 e. The minimum atomic E-state index is -0.0443. The van der Waals surface area contributed by atoms with Gasteiger partial charge in [0.1, 0.15) is 5.69 Å². The summed E-state index contributed by atoms with van der Waals surface area (Å²) in [7, 11) is 0. The number of amides is 1. The molecule has 0 saturated carbocycles. The monoisotopic (exact) mass is 251 g/mol. The van der Waals surface area contributed by atoms with Gasteiger partial charge in [-0.1, -0.05) is 13.8 Å². The molecule has 1 aromatic rings. The molecule has 1 N–H and O–H groups in total. The van der Waals surface area contributed by atoms with E-state index >= 15 is 0 Å². The zero-order chi connectivity index (χ0) is 13.2. The van der Waals surface area contributed by atoms with Crippen molar-refractivity contribution in [2.45, 2.75) is 33.7 Å². The summed E-state index contributed by atoms with van der Waals surface area (Å²) in [5.41, 5.74) is 1.71. The van der Waals surface area contributed by atoms with E-state index in [-0.39, 0.29) is 11.3 Å². The Bertz CT molecular complexity index is 435. The van der Waals surface area contributed by atoms with Gasteiger partial charge in [0.15, 0.2) is 0 Å². The van der Waals surface area contributed by atoms with Crippen LogP contribution in [0, 0.1) is 5.41 Å². The van der Waals surface area contributed by atoms with Gasteiger partial charge in [0, 0.05) is 18.5 Å². The van der Waals surface area contributed by atoms with Crippen molar-refractivity contribution in [2.24, 2.45) is 5.41 Å². The largest absolute Gasteiger partial charge is 0.380 e. The second-order valence-corrected chi connectivity index (χ2v) is 5.18. The summed E-state index contributed by atoms with van der Waals surface area (Å²) >= 11 is 0. The van der Waals surface area contributed by atoms with Gasteiger partial charge >= 0.3 is 0 Å². The minimum absolute atomic E-state index is 0.0443. The fourth-order valence-corrected chi connectivity index (χ4v) is 2.00. The maximum absolute atomic E-state index is 12.1. The molecule has 1 aromatic heterocycles. The molecule has 1 saturated heterocycles. The quantitative estimate of drug-likeness (QED) is 0.856. The van der Waals surface area contributed by atoms with Gasteiger partial charge in [-0.25, -0.2) is 0 Å². The predicted molar refractivity (Wildman–Crippen MR) is 68.5 cm³/mol. The van der Waals surface area contributed by atoms with E-state index < -0.39 is 0 Å². The van der Waals surface area contributed by atoms with E-state index in [9.17, 15) is 4.79 Å². The van der Waals surface area contributed by atoms with Gasteiger partial charge in [0.05, 0.1) is 18.9 Å². The first-order chi connectivity index (χ1) is 8.58. The van der Waals surface area contributed by atoms with E-state index in [1.165, 1.54) is 0 Å². The first kappa shape index (κ1) is 13.1. The third-order valence-electron chi connectivity index (χ3n) is 3.30. The molecule has 0 bridgehead atoms. The van der Waals surface area contributed by atoms with Crippen molar-refractivity contribution >= 4 is 5.91 Å². The number of aromatic nitrogens is 2. The molecule has 1 aliphatic heterocycles. The van der Waals surface area contributed by atoms with Crippen LogP contribution in [-0.2, 0) is 17.7 Å². The van der Waals surface area contributed by atoms with Crippen LogP contribution in [0.4, 0.5) is 0 Å². The van der Waals surface area contributed by atoms with Gasteiger partial charge < -0.3 is 10.1 Å². The average Bonchev–Trinajstić information content (AvgIpc) is 2.77. The summed E-state index contributed by atoms with van der Waals surface area (Å²) in [6.45, 7) is 8.96. The van der Waals surface area contributed by atoms with Crippen LogP contribution in [0.2, 0.25) is 0 Å². The van der Waals surface area contributed by atoms with Crippen molar-refractivity contribution in [3.05, 3.63) is 17.5 Å². The van der Waals surface area contributed by atoms with Gasteiger partial charge in [-0.2, -0.15) is 5.10 Å². The normalized spacial score (nSPS) is 17.3. The maximum Gasteiger partial charge on any atom is 0.269 e. The molecule has 0 spiro atoms. The number of aryl methyl sites for hydroxylation is 2. The zero-order valence-corrected chi connectivity index (χ0v) is 11.3. The highest BCUT2D eigenvalue weighted by Gasteiger charge is 2.33. The number of hydrogen-bond acceptors (Lipinski definition) is 3. The van der Waals surface area contributed by atoms with Gasteiger partial charge in [-0.3, -0.25) is 9.48 Å². The standard InChI is InChI=1S/C13H21N3O2/c1-4-10-6-11(16(5-2)15-10)12(17)14-7-13(3)8-18-9-13/h6H,4-5,7-9H2,1-3H3,(H,14,17). The molecular formula is C13H21N3O2. The second-order valence-electron chi connectivity index (χ2n) is 5.18. The highest BCUT2D eigenvalue weighted by atomic mass is 16.5. The summed E-state index contributed by atoms with van der Waals surface area (Å²) in [4.78, 5) is 12.1. The third kappa shape index (κ3) is 2.56. The Morgan fingerprint density at radius 1 is 1.56 bits per heavy atom. The van der Waals surface area contributed by atoms with E-state index in [2.05, 4.69) is 17.3 Å². The number of nitrogens with one attached hydrogen (secondary N) is 1. The van der Waals surface area contributed by atoms with Crippen LogP contribution in [0.3, 0.4) is 0 Å². The van der Waals surface area contributed by atoms with E-state index in [4.69, 9.17) is 4.74 Å². The van der Waals surface area contributed by atoms with Gasteiger partial charge in [0.2, 0.25) is 0 Å². The lowest BCUT2D eigenvalue weighted by Gasteiger charge is -2.37. The molecule has 0 unspecified atom stereocenters. The molecule has 1 amide bonds. The van der Waals surface area contributed by atoms with Crippen molar-refractivity contribution in [1.82, 2.24) is 15.1 Å². The fraction of sp³-hybridized carbons (Fsp3) is 0.692. The lowest BCUT2D eigenvalue weighted by molar-refractivity contribution is -0.0978. The molecule has 0 aliphatic carbocycles. The van der Waals surface area contributed by atoms with Crippen LogP contribution >= 0.6 is 0 Å². The van der Waals surface area contributed by atoms with Gasteiger partial charge in [0.25, 0.3) is 5.91 Å². The van der Waals surface area contributed by atoms with Crippen LogP contribution in [-0.4, -0.2) is 35.4 Å². The van der Waals surface area contributed by atoms with Crippen LogP contribution < -0.4 is 5.32 Å².